The molecule has 0 aliphatic carbocycles. The minimum Gasteiger partial charge on any atom is -0.422 e. The lowest BCUT2D eigenvalue weighted by molar-refractivity contribution is -0.617. The summed E-state index contributed by atoms with van der Waals surface area (Å²) in [6.07, 6.45) is 0. The summed E-state index contributed by atoms with van der Waals surface area (Å²) >= 11 is 0. The number of benzene rings is 3. The van der Waals surface area contributed by atoms with Crippen molar-refractivity contribution in [2.75, 3.05) is 21.1 Å². The summed E-state index contributed by atoms with van der Waals surface area (Å²) in [5, 5.41) is 1.78. The largest absolute Gasteiger partial charge is 0.422 e. The molecule has 0 fully saturated rings. The van der Waals surface area contributed by atoms with Gasteiger partial charge < -0.3 is 4.74 Å². The monoisotopic (exact) mass is 400 g/mol. The number of fused-ring (bicyclic) bond motifs is 2. The fourth-order valence-corrected chi connectivity index (χ4v) is 4.07. The van der Waals surface area contributed by atoms with E-state index >= 15 is 0 Å². The number of aromatic nitrogens is 1. The molecule has 4 nitrogen and oxygen atoms in total. The summed E-state index contributed by atoms with van der Waals surface area (Å²) in [5.41, 5.74) is 5.69. The van der Waals surface area contributed by atoms with E-state index in [9.17, 15) is 4.79 Å². The van der Waals surface area contributed by atoms with Gasteiger partial charge in [-0.1, -0.05) is 24.3 Å². The van der Waals surface area contributed by atoms with Crippen molar-refractivity contribution in [3.05, 3.63) is 77.4 Å². The van der Waals surface area contributed by atoms with E-state index in [-0.39, 0.29) is 5.97 Å². The Morgan fingerprint density at radius 2 is 1.30 bits per heavy atom. The maximum atomic E-state index is 13.5. The highest BCUT2D eigenvalue weighted by Gasteiger charge is 2.25. The molecule has 4 aromatic rings. The third-order valence-electron chi connectivity index (χ3n) is 5.69. The van der Waals surface area contributed by atoms with E-state index in [0.717, 1.165) is 32.9 Å². The third kappa shape index (κ3) is 3.33. The fraction of sp³-hybridized carbons (Fsp3) is 0.231. The number of esters is 1. The number of carbonyl (C=O) groups excluding carboxylic acids is 1. The predicted octanol–water partition coefficient (Wildman–Crippen LogP) is 4.85. The summed E-state index contributed by atoms with van der Waals surface area (Å²) in [6.45, 7) is 3.99. The number of rotatable bonds is 3. The van der Waals surface area contributed by atoms with E-state index in [0.29, 0.717) is 15.8 Å². The average molecular weight is 401 g/mol. The summed E-state index contributed by atoms with van der Waals surface area (Å²) in [4.78, 5) is 13.5. The number of hydrogen-bond acceptors (Lipinski definition) is 2. The standard InChI is InChI=1S/C26H28N2O2/c1-17-15-19(28(4,5)6)16-18(2)25(17)30-26(29)24-20-11-7-9-13-22(20)27(3)23-14-10-8-12-21(23)24/h7-16H,1-6H3/q+2. The van der Waals surface area contributed by atoms with Gasteiger partial charge in [0.05, 0.1) is 37.5 Å². The zero-order valence-electron chi connectivity index (χ0n) is 18.5. The molecule has 0 radical (unpaired) electrons. The molecule has 4 rings (SSSR count). The number of carbonyl (C=O) groups is 1. The third-order valence-corrected chi connectivity index (χ3v) is 5.69. The molecule has 0 saturated carbocycles. The molecular weight excluding hydrogens is 372 g/mol. The van der Waals surface area contributed by atoms with E-state index < -0.39 is 0 Å². The fourth-order valence-electron chi connectivity index (χ4n) is 4.07. The number of para-hydroxylation sites is 2. The number of aryl methyl sites for hydroxylation is 3. The zero-order chi connectivity index (χ0) is 21.6. The molecule has 1 heterocycles. The second kappa shape index (κ2) is 7.22. The second-order valence-corrected chi connectivity index (χ2v) is 8.78. The van der Waals surface area contributed by atoms with Gasteiger partial charge in [0.1, 0.15) is 18.5 Å². The van der Waals surface area contributed by atoms with Crippen molar-refractivity contribution in [3.63, 3.8) is 0 Å². The lowest BCUT2D eigenvalue weighted by Gasteiger charge is -2.25. The number of quaternary nitrogens is 1. The van der Waals surface area contributed by atoms with Gasteiger partial charge in [-0.05, 0) is 37.1 Å². The minimum atomic E-state index is -0.327. The molecule has 0 atom stereocenters. The first-order valence-corrected chi connectivity index (χ1v) is 10.1. The van der Waals surface area contributed by atoms with E-state index in [4.69, 9.17) is 4.74 Å². The van der Waals surface area contributed by atoms with Crippen LogP contribution in [0.2, 0.25) is 0 Å². The van der Waals surface area contributed by atoms with Crippen LogP contribution in [0.4, 0.5) is 5.69 Å². The summed E-state index contributed by atoms with van der Waals surface area (Å²) in [6, 6.07) is 20.1. The molecule has 0 N–H and O–H groups in total. The number of nitrogens with zero attached hydrogens (tertiary/aromatic N) is 2. The lowest BCUT2D eigenvalue weighted by atomic mass is 10.0. The van der Waals surface area contributed by atoms with Gasteiger partial charge in [-0.15, -0.1) is 0 Å². The first-order valence-electron chi connectivity index (χ1n) is 10.1. The molecule has 152 valence electrons. The van der Waals surface area contributed by atoms with Crippen LogP contribution in [0.1, 0.15) is 21.5 Å². The maximum Gasteiger partial charge on any atom is 0.345 e. The molecule has 0 bridgehead atoms. The smallest absolute Gasteiger partial charge is 0.345 e. The molecule has 1 aromatic heterocycles. The average Bonchev–Trinajstić information content (AvgIpc) is 2.70. The molecular formula is C26H28N2O2+2. The first-order chi connectivity index (χ1) is 14.2. The quantitative estimate of drug-likeness (QED) is 0.162. The van der Waals surface area contributed by atoms with Crippen molar-refractivity contribution in [2.24, 2.45) is 7.05 Å². The molecule has 0 aliphatic rings. The van der Waals surface area contributed by atoms with Crippen LogP contribution in [0.25, 0.3) is 21.8 Å². The lowest BCUT2D eigenvalue weighted by Crippen LogP contribution is -2.34. The number of hydrogen-bond donors (Lipinski definition) is 0. The topological polar surface area (TPSA) is 30.2 Å². The molecule has 0 saturated heterocycles. The number of pyridine rings is 1. The van der Waals surface area contributed by atoms with Gasteiger partial charge in [0, 0.05) is 24.3 Å². The van der Waals surface area contributed by atoms with E-state index in [1.54, 1.807) is 0 Å². The van der Waals surface area contributed by atoms with Crippen molar-refractivity contribution >= 4 is 33.5 Å². The summed E-state index contributed by atoms with van der Waals surface area (Å²) in [5.74, 6) is 0.311. The van der Waals surface area contributed by atoms with Gasteiger partial charge in [0.15, 0.2) is 0 Å². The molecule has 3 aromatic carbocycles. The Balaban J connectivity index is 1.88. The van der Waals surface area contributed by atoms with Crippen molar-refractivity contribution in [1.82, 2.24) is 4.48 Å². The van der Waals surface area contributed by atoms with Gasteiger partial charge in [0.25, 0.3) is 0 Å². The Hall–Kier alpha value is -3.24. The van der Waals surface area contributed by atoms with Gasteiger partial charge >= 0.3 is 5.97 Å². The van der Waals surface area contributed by atoms with Crippen LogP contribution < -0.4 is 13.8 Å². The van der Waals surface area contributed by atoms with Crippen LogP contribution in [0.3, 0.4) is 0 Å². The summed E-state index contributed by atoms with van der Waals surface area (Å²) < 4.78 is 8.86. The minimum absolute atomic E-state index is 0.327. The predicted molar refractivity (Wildman–Crippen MR) is 123 cm³/mol. The molecule has 0 unspecified atom stereocenters. The highest BCUT2D eigenvalue weighted by atomic mass is 16.5. The van der Waals surface area contributed by atoms with Gasteiger partial charge in [0.2, 0.25) is 11.0 Å². The Kier molecular flexibility index (Phi) is 4.83. The van der Waals surface area contributed by atoms with Crippen LogP contribution in [0.5, 0.6) is 5.75 Å². The normalized spacial score (nSPS) is 11.8. The SMILES string of the molecule is Cc1cc([N+](C)(C)C)cc(C)c1OC(=O)c1c2ccccc2[n+](C)c2ccccc12. The first kappa shape index (κ1) is 20.0. The van der Waals surface area contributed by atoms with Gasteiger partial charge in [-0.25, -0.2) is 4.79 Å². The van der Waals surface area contributed by atoms with Crippen LogP contribution in [0.15, 0.2) is 60.7 Å². The van der Waals surface area contributed by atoms with E-state index in [2.05, 4.69) is 37.8 Å². The van der Waals surface area contributed by atoms with Crippen molar-refractivity contribution in [3.8, 4) is 5.75 Å². The molecule has 0 aliphatic heterocycles. The molecule has 0 amide bonds. The van der Waals surface area contributed by atoms with Crippen LogP contribution in [-0.2, 0) is 7.05 Å². The van der Waals surface area contributed by atoms with Crippen molar-refractivity contribution < 1.29 is 14.1 Å². The molecule has 4 heteroatoms. The maximum absolute atomic E-state index is 13.5. The Morgan fingerprint density at radius 1 is 0.833 bits per heavy atom. The Bertz CT molecular complexity index is 1220. The summed E-state index contributed by atoms with van der Waals surface area (Å²) in [7, 11) is 8.41. The van der Waals surface area contributed by atoms with Crippen molar-refractivity contribution in [1.29, 1.82) is 0 Å². The molecule has 0 spiro atoms. The van der Waals surface area contributed by atoms with Crippen LogP contribution in [0, 0.1) is 13.8 Å². The Labute approximate surface area is 177 Å². The van der Waals surface area contributed by atoms with E-state index in [1.807, 2.05) is 69.4 Å². The van der Waals surface area contributed by atoms with Gasteiger partial charge in [-0.3, -0.25) is 4.48 Å². The molecule has 30 heavy (non-hydrogen) atoms. The highest BCUT2D eigenvalue weighted by Crippen LogP contribution is 2.32. The highest BCUT2D eigenvalue weighted by molar-refractivity contribution is 6.13. The number of ether oxygens (including phenoxy) is 1. The van der Waals surface area contributed by atoms with Gasteiger partial charge in [-0.2, -0.15) is 4.57 Å². The second-order valence-electron chi connectivity index (χ2n) is 8.78. The Morgan fingerprint density at radius 3 is 1.77 bits per heavy atom. The zero-order valence-corrected chi connectivity index (χ0v) is 18.5. The van der Waals surface area contributed by atoms with E-state index in [1.165, 1.54) is 5.69 Å². The van der Waals surface area contributed by atoms with Crippen LogP contribution in [-0.4, -0.2) is 27.1 Å². The van der Waals surface area contributed by atoms with Crippen LogP contribution >= 0.6 is 0 Å². The van der Waals surface area contributed by atoms with Crippen molar-refractivity contribution in [2.45, 2.75) is 13.8 Å².